The van der Waals surface area contributed by atoms with Crippen molar-refractivity contribution in [3.8, 4) is 0 Å². The molecule has 0 spiro atoms. The van der Waals surface area contributed by atoms with Gasteiger partial charge in [-0.05, 0) is 38.8 Å². The van der Waals surface area contributed by atoms with E-state index in [2.05, 4.69) is 10.6 Å². The number of likely N-dealkylation sites (tertiary alicyclic amines) is 1. The Morgan fingerprint density at radius 3 is 2.61 bits per heavy atom. The summed E-state index contributed by atoms with van der Waals surface area (Å²) in [4.78, 5) is 13.9. The number of piperidine rings is 1. The van der Waals surface area contributed by atoms with Gasteiger partial charge in [-0.25, -0.2) is 4.79 Å². The molecule has 0 bridgehead atoms. The second-order valence-electron chi connectivity index (χ2n) is 5.54. The molecule has 5 heteroatoms. The number of nitrogens with zero attached hydrogens (tertiary/aromatic N) is 1. The topological polar surface area (TPSA) is 53.6 Å². The van der Waals surface area contributed by atoms with Gasteiger partial charge in [0.15, 0.2) is 0 Å². The summed E-state index contributed by atoms with van der Waals surface area (Å²) in [7, 11) is 1.74. The summed E-state index contributed by atoms with van der Waals surface area (Å²) >= 11 is 0. The number of methoxy groups -OCH3 is 1. The number of hydrogen-bond acceptors (Lipinski definition) is 3. The molecule has 0 aromatic carbocycles. The maximum atomic E-state index is 12.0. The average Bonchev–Trinajstić information content (AvgIpc) is 2.91. The third-order valence-corrected chi connectivity index (χ3v) is 4.12. The highest BCUT2D eigenvalue weighted by Crippen LogP contribution is 2.28. The van der Waals surface area contributed by atoms with Gasteiger partial charge < -0.3 is 20.3 Å². The first-order valence-electron chi connectivity index (χ1n) is 6.98. The van der Waals surface area contributed by atoms with Gasteiger partial charge in [0, 0.05) is 32.2 Å². The number of ether oxygens (including phenoxy) is 1. The molecule has 2 rings (SSSR count). The Morgan fingerprint density at radius 2 is 2.00 bits per heavy atom. The zero-order chi connectivity index (χ0) is 12.8. The van der Waals surface area contributed by atoms with E-state index in [1.54, 1.807) is 7.11 Å². The van der Waals surface area contributed by atoms with E-state index in [0.29, 0.717) is 0 Å². The number of hydrogen-bond donors (Lipinski definition) is 2. The fourth-order valence-electron chi connectivity index (χ4n) is 2.93. The molecule has 18 heavy (non-hydrogen) atoms. The lowest BCUT2D eigenvalue weighted by atomic mass is 9.79. The van der Waals surface area contributed by atoms with E-state index < -0.39 is 0 Å². The third-order valence-electron chi connectivity index (χ3n) is 4.12. The van der Waals surface area contributed by atoms with E-state index in [1.165, 1.54) is 0 Å². The minimum absolute atomic E-state index is 0.0986. The van der Waals surface area contributed by atoms with Crippen molar-refractivity contribution in [2.75, 3.05) is 46.4 Å². The Kier molecular flexibility index (Phi) is 4.83. The highest BCUT2D eigenvalue weighted by molar-refractivity contribution is 5.74. The van der Waals surface area contributed by atoms with Gasteiger partial charge in [0.1, 0.15) is 0 Å². The Balaban J connectivity index is 1.82. The second kappa shape index (κ2) is 6.38. The first kappa shape index (κ1) is 13.6. The summed E-state index contributed by atoms with van der Waals surface area (Å²) in [6.45, 7) is 5.31. The van der Waals surface area contributed by atoms with Gasteiger partial charge in [-0.3, -0.25) is 0 Å². The average molecular weight is 255 g/mol. The van der Waals surface area contributed by atoms with Crippen LogP contribution in [0.2, 0.25) is 0 Å². The standard InChI is InChI=1S/C13H25N3O2/c1-18-11-13(4-6-14-7-5-13)10-15-12(17)16-8-2-3-9-16/h14H,2-11H2,1H3,(H,15,17). The van der Waals surface area contributed by atoms with E-state index in [0.717, 1.165) is 65.0 Å². The van der Waals surface area contributed by atoms with E-state index >= 15 is 0 Å². The molecule has 104 valence electrons. The molecule has 2 N–H and O–H groups in total. The lowest BCUT2D eigenvalue weighted by molar-refractivity contribution is 0.0545. The first-order chi connectivity index (χ1) is 8.76. The molecule has 5 nitrogen and oxygen atoms in total. The maximum absolute atomic E-state index is 12.0. The summed E-state index contributed by atoms with van der Waals surface area (Å²) in [5.74, 6) is 0. The van der Waals surface area contributed by atoms with Crippen LogP contribution in [0.25, 0.3) is 0 Å². The Hall–Kier alpha value is -0.810. The maximum Gasteiger partial charge on any atom is 0.317 e. The van der Waals surface area contributed by atoms with Crippen LogP contribution in [0.4, 0.5) is 4.79 Å². The molecule has 2 aliphatic rings. The molecule has 0 unspecified atom stereocenters. The van der Waals surface area contributed by atoms with E-state index in [1.807, 2.05) is 4.90 Å². The summed E-state index contributed by atoms with van der Waals surface area (Å²) in [6.07, 6.45) is 4.42. The highest BCUT2D eigenvalue weighted by Gasteiger charge is 2.33. The lowest BCUT2D eigenvalue weighted by Gasteiger charge is -2.37. The Bertz CT molecular complexity index is 266. The lowest BCUT2D eigenvalue weighted by Crippen LogP contribution is -2.49. The predicted molar refractivity (Wildman–Crippen MR) is 70.6 cm³/mol. The van der Waals surface area contributed by atoms with Crippen molar-refractivity contribution in [1.29, 1.82) is 0 Å². The van der Waals surface area contributed by atoms with Crippen LogP contribution < -0.4 is 10.6 Å². The van der Waals surface area contributed by atoms with Gasteiger partial charge in [-0.1, -0.05) is 0 Å². The number of carbonyl (C=O) groups is 1. The molecule has 2 saturated heterocycles. The van der Waals surface area contributed by atoms with Crippen molar-refractivity contribution < 1.29 is 9.53 Å². The second-order valence-corrected chi connectivity index (χ2v) is 5.54. The number of urea groups is 1. The van der Waals surface area contributed by atoms with Gasteiger partial charge in [0.2, 0.25) is 0 Å². The van der Waals surface area contributed by atoms with Crippen molar-refractivity contribution >= 4 is 6.03 Å². The molecule has 0 aromatic heterocycles. The third kappa shape index (κ3) is 3.36. The molecule has 0 atom stereocenters. The zero-order valence-corrected chi connectivity index (χ0v) is 11.3. The van der Waals surface area contributed by atoms with E-state index in [4.69, 9.17) is 4.74 Å². The molecule has 0 aromatic rings. The van der Waals surface area contributed by atoms with Crippen molar-refractivity contribution in [2.24, 2.45) is 5.41 Å². The summed E-state index contributed by atoms with van der Waals surface area (Å²) in [6, 6.07) is 0.0986. The fraction of sp³-hybridized carbons (Fsp3) is 0.923. The Morgan fingerprint density at radius 1 is 1.33 bits per heavy atom. The van der Waals surface area contributed by atoms with Gasteiger partial charge in [0.25, 0.3) is 0 Å². The van der Waals surface area contributed by atoms with Crippen LogP contribution in [-0.4, -0.2) is 57.4 Å². The SMILES string of the molecule is COCC1(CNC(=O)N2CCCC2)CCNCC1. The quantitative estimate of drug-likeness (QED) is 0.781. The van der Waals surface area contributed by atoms with E-state index in [-0.39, 0.29) is 11.4 Å². The molecule has 0 aliphatic carbocycles. The normalized spacial score (nSPS) is 23.1. The van der Waals surface area contributed by atoms with Crippen LogP contribution >= 0.6 is 0 Å². The highest BCUT2D eigenvalue weighted by atomic mass is 16.5. The monoisotopic (exact) mass is 255 g/mol. The van der Waals surface area contributed by atoms with Crippen molar-refractivity contribution in [1.82, 2.24) is 15.5 Å². The summed E-state index contributed by atoms with van der Waals surface area (Å²) < 4.78 is 5.35. The number of rotatable bonds is 4. The van der Waals surface area contributed by atoms with E-state index in [9.17, 15) is 4.79 Å². The number of nitrogens with one attached hydrogen (secondary N) is 2. The van der Waals surface area contributed by atoms with Crippen LogP contribution in [0.15, 0.2) is 0 Å². The van der Waals surface area contributed by atoms with Crippen molar-refractivity contribution in [3.05, 3.63) is 0 Å². The van der Waals surface area contributed by atoms with Crippen LogP contribution in [0, 0.1) is 5.41 Å². The van der Waals surface area contributed by atoms with Crippen molar-refractivity contribution in [3.63, 3.8) is 0 Å². The van der Waals surface area contributed by atoms with Gasteiger partial charge >= 0.3 is 6.03 Å². The van der Waals surface area contributed by atoms with Crippen LogP contribution in [-0.2, 0) is 4.74 Å². The molecule has 2 aliphatic heterocycles. The summed E-state index contributed by atoms with van der Waals surface area (Å²) in [5.41, 5.74) is 0.120. The summed E-state index contributed by atoms with van der Waals surface area (Å²) in [5, 5.41) is 6.46. The van der Waals surface area contributed by atoms with Gasteiger partial charge in [0.05, 0.1) is 6.61 Å². The van der Waals surface area contributed by atoms with Crippen LogP contribution in [0.3, 0.4) is 0 Å². The van der Waals surface area contributed by atoms with Crippen LogP contribution in [0.1, 0.15) is 25.7 Å². The molecule has 0 radical (unpaired) electrons. The molecule has 2 heterocycles. The smallest absolute Gasteiger partial charge is 0.317 e. The predicted octanol–water partition coefficient (Wildman–Crippen LogP) is 0.808. The molecular weight excluding hydrogens is 230 g/mol. The first-order valence-corrected chi connectivity index (χ1v) is 6.98. The molecule has 0 saturated carbocycles. The number of carbonyl (C=O) groups excluding carboxylic acids is 1. The number of amides is 2. The minimum atomic E-state index is 0.0986. The molecular formula is C13H25N3O2. The van der Waals surface area contributed by atoms with Gasteiger partial charge in [-0.15, -0.1) is 0 Å². The van der Waals surface area contributed by atoms with Gasteiger partial charge in [-0.2, -0.15) is 0 Å². The zero-order valence-electron chi connectivity index (χ0n) is 11.3. The fourth-order valence-corrected chi connectivity index (χ4v) is 2.93. The van der Waals surface area contributed by atoms with Crippen LogP contribution in [0.5, 0.6) is 0 Å². The largest absolute Gasteiger partial charge is 0.384 e. The molecule has 2 fully saturated rings. The Labute approximate surface area is 109 Å². The molecule has 2 amide bonds. The minimum Gasteiger partial charge on any atom is -0.384 e. The van der Waals surface area contributed by atoms with Crippen molar-refractivity contribution in [2.45, 2.75) is 25.7 Å².